The molecule has 2 aliphatic rings. The number of imide groups is 1. The Bertz CT molecular complexity index is 1370. The molecule has 1 N–H and O–H groups in total. The molecule has 3 aromatic rings. The number of nitrogens with one attached hydrogen (secondary N) is 1. The third-order valence-electron chi connectivity index (χ3n) is 6.31. The monoisotopic (exact) mass is 478 g/mol. The summed E-state index contributed by atoms with van der Waals surface area (Å²) in [4.78, 5) is 39.5. The van der Waals surface area contributed by atoms with Crippen LogP contribution in [0.25, 0.3) is 0 Å². The number of carbonyl (C=O) groups excluding carboxylic acids is 3. The molecule has 0 bridgehead atoms. The van der Waals surface area contributed by atoms with Gasteiger partial charge in [-0.25, -0.2) is 8.42 Å². The van der Waals surface area contributed by atoms with Crippen LogP contribution in [0.5, 0.6) is 0 Å². The number of carbonyl (C=O) groups is 3. The molecule has 174 valence electrons. The second kappa shape index (κ2) is 8.57. The SMILES string of the molecule is O=C(Nc1ccc(S(=O)(=O)C2CCCC2)cc1)c1ccc2c(c1)C(=O)N(Cc1ccco1)C2=O. The summed E-state index contributed by atoms with van der Waals surface area (Å²) in [5.41, 5.74) is 1.02. The Morgan fingerprint density at radius 2 is 1.68 bits per heavy atom. The number of hydrogen-bond donors (Lipinski definition) is 1. The van der Waals surface area contributed by atoms with Gasteiger partial charge < -0.3 is 9.73 Å². The van der Waals surface area contributed by atoms with E-state index in [1.54, 1.807) is 24.3 Å². The number of rotatable bonds is 6. The van der Waals surface area contributed by atoms with Gasteiger partial charge in [0.05, 0.1) is 34.1 Å². The average molecular weight is 479 g/mol. The fraction of sp³-hybridized carbons (Fsp3) is 0.240. The highest BCUT2D eigenvalue weighted by molar-refractivity contribution is 7.92. The van der Waals surface area contributed by atoms with Gasteiger partial charge in [0, 0.05) is 11.3 Å². The molecule has 2 aromatic carbocycles. The van der Waals surface area contributed by atoms with E-state index in [0.29, 0.717) is 24.3 Å². The van der Waals surface area contributed by atoms with Crippen molar-refractivity contribution in [1.29, 1.82) is 0 Å². The Morgan fingerprint density at radius 3 is 2.35 bits per heavy atom. The molecule has 0 saturated heterocycles. The van der Waals surface area contributed by atoms with Crippen molar-refractivity contribution in [2.75, 3.05) is 5.32 Å². The van der Waals surface area contributed by atoms with Crippen LogP contribution < -0.4 is 5.32 Å². The average Bonchev–Trinajstić information content (AvgIpc) is 3.60. The number of hydrogen-bond acceptors (Lipinski definition) is 6. The first kappa shape index (κ1) is 22.1. The lowest BCUT2D eigenvalue weighted by Crippen LogP contribution is -2.28. The van der Waals surface area contributed by atoms with Gasteiger partial charge in [0.1, 0.15) is 5.76 Å². The zero-order valence-electron chi connectivity index (χ0n) is 18.2. The number of furan rings is 1. The van der Waals surface area contributed by atoms with Gasteiger partial charge >= 0.3 is 0 Å². The molecule has 2 heterocycles. The highest BCUT2D eigenvalue weighted by Gasteiger charge is 2.36. The smallest absolute Gasteiger partial charge is 0.261 e. The number of amides is 3. The molecule has 1 aliphatic carbocycles. The van der Waals surface area contributed by atoms with Crippen LogP contribution in [-0.2, 0) is 16.4 Å². The van der Waals surface area contributed by atoms with E-state index >= 15 is 0 Å². The molecule has 34 heavy (non-hydrogen) atoms. The largest absolute Gasteiger partial charge is 0.467 e. The maximum Gasteiger partial charge on any atom is 0.261 e. The number of sulfone groups is 1. The van der Waals surface area contributed by atoms with E-state index in [1.807, 2.05) is 0 Å². The summed E-state index contributed by atoms with van der Waals surface area (Å²) in [6, 6.07) is 13.8. The minimum absolute atomic E-state index is 0.0109. The number of nitrogens with zero attached hydrogens (tertiary/aromatic N) is 1. The standard InChI is InChI=1S/C25H22N2O6S/c28-23(26-17-8-10-20(11-9-17)34(31,32)19-5-1-2-6-19)16-7-12-21-22(14-16)25(30)27(24(21)29)15-18-4-3-13-33-18/h3-4,7-14,19H,1-2,5-6,15H2,(H,26,28). The molecule has 8 nitrogen and oxygen atoms in total. The van der Waals surface area contributed by atoms with E-state index in [9.17, 15) is 22.8 Å². The predicted molar refractivity (Wildman–Crippen MR) is 123 cm³/mol. The number of anilines is 1. The quantitative estimate of drug-likeness (QED) is 0.535. The zero-order valence-corrected chi connectivity index (χ0v) is 19.0. The van der Waals surface area contributed by atoms with Gasteiger partial charge in [-0.1, -0.05) is 12.8 Å². The molecule has 1 fully saturated rings. The van der Waals surface area contributed by atoms with E-state index in [2.05, 4.69) is 5.32 Å². The van der Waals surface area contributed by atoms with Crippen molar-refractivity contribution in [3.8, 4) is 0 Å². The lowest BCUT2D eigenvalue weighted by molar-refractivity contribution is 0.0631. The van der Waals surface area contributed by atoms with Gasteiger partial charge in [-0.15, -0.1) is 0 Å². The van der Waals surface area contributed by atoms with Crippen LogP contribution in [0.1, 0.15) is 62.5 Å². The second-order valence-electron chi connectivity index (χ2n) is 8.47. The van der Waals surface area contributed by atoms with Crippen LogP contribution in [0.15, 0.2) is 70.2 Å². The molecule has 0 spiro atoms. The first-order valence-corrected chi connectivity index (χ1v) is 12.6. The van der Waals surface area contributed by atoms with Crippen LogP contribution in [0.3, 0.4) is 0 Å². The Labute approximate surface area is 196 Å². The van der Waals surface area contributed by atoms with Crippen molar-refractivity contribution in [3.05, 3.63) is 83.3 Å². The third kappa shape index (κ3) is 3.92. The third-order valence-corrected chi connectivity index (χ3v) is 8.59. The summed E-state index contributed by atoms with van der Waals surface area (Å²) < 4.78 is 30.7. The summed E-state index contributed by atoms with van der Waals surface area (Å²) in [7, 11) is -3.37. The lowest BCUT2D eigenvalue weighted by atomic mass is 10.1. The minimum atomic E-state index is -3.37. The van der Waals surface area contributed by atoms with Gasteiger partial charge in [-0.2, -0.15) is 0 Å². The molecule has 0 radical (unpaired) electrons. The predicted octanol–water partition coefficient (Wildman–Crippen LogP) is 4.04. The number of benzene rings is 2. The molecular formula is C25H22N2O6S. The van der Waals surface area contributed by atoms with Crippen molar-refractivity contribution in [1.82, 2.24) is 4.90 Å². The van der Waals surface area contributed by atoms with Gasteiger partial charge in [0.2, 0.25) is 0 Å². The van der Waals surface area contributed by atoms with E-state index in [0.717, 1.165) is 17.7 Å². The summed E-state index contributed by atoms with van der Waals surface area (Å²) in [6.07, 6.45) is 4.67. The maximum absolute atomic E-state index is 12.8. The molecule has 9 heteroatoms. The summed E-state index contributed by atoms with van der Waals surface area (Å²) in [5.74, 6) is -0.931. The first-order valence-electron chi connectivity index (χ1n) is 11.0. The second-order valence-corrected chi connectivity index (χ2v) is 10.7. The summed E-state index contributed by atoms with van der Waals surface area (Å²) in [5, 5.41) is 2.37. The zero-order chi connectivity index (χ0) is 23.9. The lowest BCUT2D eigenvalue weighted by Gasteiger charge is -2.12. The van der Waals surface area contributed by atoms with E-state index in [4.69, 9.17) is 4.42 Å². The van der Waals surface area contributed by atoms with Gasteiger partial charge in [0.25, 0.3) is 17.7 Å². The molecule has 1 saturated carbocycles. The first-order chi connectivity index (χ1) is 16.3. The van der Waals surface area contributed by atoms with Crippen LogP contribution in [0.2, 0.25) is 0 Å². The molecule has 5 rings (SSSR count). The van der Waals surface area contributed by atoms with Crippen LogP contribution in [-0.4, -0.2) is 36.3 Å². The van der Waals surface area contributed by atoms with Crippen LogP contribution >= 0.6 is 0 Å². The van der Waals surface area contributed by atoms with E-state index < -0.39 is 27.6 Å². The van der Waals surface area contributed by atoms with Crippen molar-refractivity contribution in [2.24, 2.45) is 0 Å². The molecular weight excluding hydrogens is 456 g/mol. The topological polar surface area (TPSA) is 114 Å². The highest BCUT2D eigenvalue weighted by Crippen LogP contribution is 2.30. The molecule has 0 unspecified atom stereocenters. The molecule has 0 atom stereocenters. The fourth-order valence-corrected chi connectivity index (χ4v) is 6.31. The van der Waals surface area contributed by atoms with Crippen molar-refractivity contribution < 1.29 is 27.2 Å². The van der Waals surface area contributed by atoms with E-state index in [1.165, 1.54) is 36.6 Å². The normalized spacial score (nSPS) is 16.2. The highest BCUT2D eigenvalue weighted by atomic mass is 32.2. The Balaban J connectivity index is 1.30. The van der Waals surface area contributed by atoms with Crippen LogP contribution in [0.4, 0.5) is 5.69 Å². The molecule has 3 amide bonds. The van der Waals surface area contributed by atoms with Crippen LogP contribution in [0, 0.1) is 0 Å². The summed E-state index contributed by atoms with van der Waals surface area (Å²) >= 11 is 0. The summed E-state index contributed by atoms with van der Waals surface area (Å²) in [6.45, 7) is 0.0109. The number of fused-ring (bicyclic) bond motifs is 1. The maximum atomic E-state index is 12.8. The van der Waals surface area contributed by atoms with Gasteiger partial charge in [-0.3, -0.25) is 19.3 Å². The molecule has 1 aromatic heterocycles. The van der Waals surface area contributed by atoms with E-state index in [-0.39, 0.29) is 33.4 Å². The van der Waals surface area contributed by atoms with Gasteiger partial charge in [0.15, 0.2) is 9.84 Å². The Hall–Kier alpha value is -3.72. The fourth-order valence-electron chi connectivity index (χ4n) is 4.46. The van der Waals surface area contributed by atoms with Crippen molar-refractivity contribution in [3.63, 3.8) is 0 Å². The van der Waals surface area contributed by atoms with Crippen molar-refractivity contribution >= 4 is 33.2 Å². The molecule has 1 aliphatic heterocycles. The minimum Gasteiger partial charge on any atom is -0.467 e. The Kier molecular flexibility index (Phi) is 5.57. The van der Waals surface area contributed by atoms with Crippen molar-refractivity contribution in [2.45, 2.75) is 42.4 Å². The Morgan fingerprint density at radius 1 is 0.971 bits per heavy atom. The van der Waals surface area contributed by atoms with Gasteiger partial charge in [-0.05, 0) is 67.4 Å².